The second-order valence-electron chi connectivity index (χ2n) is 5.06. The van der Waals surface area contributed by atoms with E-state index < -0.39 is 5.97 Å². The molecule has 0 aliphatic carbocycles. The number of rotatable bonds is 10. The molecule has 1 aromatic carbocycles. The molecule has 0 amide bonds. The van der Waals surface area contributed by atoms with Gasteiger partial charge in [0.2, 0.25) is 0 Å². The van der Waals surface area contributed by atoms with E-state index >= 15 is 0 Å². The van der Waals surface area contributed by atoms with Crippen molar-refractivity contribution in [1.82, 2.24) is 0 Å². The summed E-state index contributed by atoms with van der Waals surface area (Å²) in [4.78, 5) is 10.4. The summed E-state index contributed by atoms with van der Waals surface area (Å²) >= 11 is 0. The molecule has 0 bridgehead atoms. The molecule has 4 nitrogen and oxygen atoms in total. The first-order chi connectivity index (χ1) is 10.1. The maximum atomic E-state index is 10.4. The highest BCUT2D eigenvalue weighted by atomic mass is 16.5. The van der Waals surface area contributed by atoms with Crippen LogP contribution in [0.5, 0.6) is 5.75 Å². The predicted molar refractivity (Wildman–Crippen MR) is 83.5 cm³/mol. The van der Waals surface area contributed by atoms with Crippen molar-refractivity contribution in [3.8, 4) is 5.75 Å². The molecule has 1 aromatic rings. The monoisotopic (exact) mass is 292 g/mol. The molecule has 1 atom stereocenters. The summed E-state index contributed by atoms with van der Waals surface area (Å²) in [5.74, 6) is 0.396. The maximum absolute atomic E-state index is 10.4. The fourth-order valence-corrected chi connectivity index (χ4v) is 1.92. The second kappa shape index (κ2) is 10.00. The maximum Gasteiger partial charge on any atom is 0.328 e. The summed E-state index contributed by atoms with van der Waals surface area (Å²) in [5, 5.41) is 8.54. The van der Waals surface area contributed by atoms with Gasteiger partial charge in [-0.3, -0.25) is 0 Å². The van der Waals surface area contributed by atoms with Crippen molar-refractivity contribution < 1.29 is 19.4 Å². The lowest BCUT2D eigenvalue weighted by Gasteiger charge is -2.11. The molecule has 0 aliphatic rings. The van der Waals surface area contributed by atoms with Gasteiger partial charge in [0.25, 0.3) is 0 Å². The van der Waals surface area contributed by atoms with Crippen LogP contribution in [0.4, 0.5) is 0 Å². The molecular formula is C17H24O4. The fourth-order valence-electron chi connectivity index (χ4n) is 1.92. The summed E-state index contributed by atoms with van der Waals surface area (Å²) in [6.45, 7) is 6.23. The highest BCUT2D eigenvalue weighted by molar-refractivity contribution is 5.85. The zero-order chi connectivity index (χ0) is 15.5. The minimum Gasteiger partial charge on any atom is -0.491 e. The minimum atomic E-state index is -0.954. The summed E-state index contributed by atoms with van der Waals surface area (Å²) in [6.07, 6.45) is 5.03. The third-order valence-corrected chi connectivity index (χ3v) is 2.98. The number of ether oxygens (including phenoxy) is 2. The number of carbonyl (C=O) groups is 1. The van der Waals surface area contributed by atoms with Gasteiger partial charge < -0.3 is 14.6 Å². The van der Waals surface area contributed by atoms with Gasteiger partial charge >= 0.3 is 5.97 Å². The Morgan fingerprint density at radius 2 is 2.00 bits per heavy atom. The van der Waals surface area contributed by atoms with Crippen molar-refractivity contribution in [2.45, 2.75) is 26.7 Å². The smallest absolute Gasteiger partial charge is 0.328 e. The summed E-state index contributed by atoms with van der Waals surface area (Å²) < 4.78 is 11.1. The summed E-state index contributed by atoms with van der Waals surface area (Å²) in [6, 6.07) is 7.28. The number of carboxylic acids is 1. The van der Waals surface area contributed by atoms with Gasteiger partial charge in [0, 0.05) is 12.7 Å². The van der Waals surface area contributed by atoms with Crippen LogP contribution < -0.4 is 4.74 Å². The molecule has 1 rings (SSSR count). The Bertz CT molecular complexity index is 437. The normalized spacial score (nSPS) is 12.5. The van der Waals surface area contributed by atoms with E-state index in [-0.39, 0.29) is 0 Å². The predicted octanol–water partition coefficient (Wildman–Crippen LogP) is 3.62. The first kappa shape index (κ1) is 17.2. The van der Waals surface area contributed by atoms with Crippen molar-refractivity contribution in [2.75, 3.05) is 19.8 Å². The third-order valence-electron chi connectivity index (χ3n) is 2.98. The van der Waals surface area contributed by atoms with Crippen molar-refractivity contribution in [3.05, 3.63) is 35.9 Å². The lowest BCUT2D eigenvalue weighted by molar-refractivity contribution is -0.131. The topological polar surface area (TPSA) is 55.8 Å². The first-order valence-corrected chi connectivity index (χ1v) is 7.33. The Morgan fingerprint density at radius 1 is 1.29 bits per heavy atom. The van der Waals surface area contributed by atoms with Crippen LogP contribution in [0, 0.1) is 5.92 Å². The van der Waals surface area contributed by atoms with Gasteiger partial charge in [-0.05, 0) is 36.1 Å². The lowest BCUT2D eigenvalue weighted by Crippen LogP contribution is -2.11. The van der Waals surface area contributed by atoms with Crippen molar-refractivity contribution in [2.24, 2.45) is 5.92 Å². The van der Waals surface area contributed by atoms with E-state index in [1.807, 2.05) is 24.3 Å². The molecule has 116 valence electrons. The molecule has 0 saturated heterocycles. The Hall–Kier alpha value is -1.81. The molecule has 1 N–H and O–H groups in total. The molecular weight excluding hydrogens is 268 g/mol. The fraction of sp³-hybridized carbons (Fsp3) is 0.471. The van der Waals surface area contributed by atoms with Crippen LogP contribution in [0.3, 0.4) is 0 Å². The third kappa shape index (κ3) is 8.15. The van der Waals surface area contributed by atoms with Gasteiger partial charge in [-0.2, -0.15) is 0 Å². The van der Waals surface area contributed by atoms with Crippen LogP contribution in [0.2, 0.25) is 0 Å². The van der Waals surface area contributed by atoms with Gasteiger partial charge in [-0.1, -0.05) is 32.4 Å². The zero-order valence-corrected chi connectivity index (χ0v) is 12.7. The van der Waals surface area contributed by atoms with Crippen LogP contribution in [-0.4, -0.2) is 30.9 Å². The van der Waals surface area contributed by atoms with Crippen LogP contribution in [-0.2, 0) is 9.53 Å². The van der Waals surface area contributed by atoms with Gasteiger partial charge in [-0.25, -0.2) is 4.79 Å². The number of hydrogen-bond donors (Lipinski definition) is 1. The van der Waals surface area contributed by atoms with Crippen LogP contribution >= 0.6 is 0 Å². The number of aliphatic carboxylic acids is 1. The molecule has 0 saturated carbocycles. The van der Waals surface area contributed by atoms with E-state index in [0.717, 1.165) is 24.0 Å². The van der Waals surface area contributed by atoms with E-state index in [1.54, 1.807) is 6.08 Å². The molecule has 0 aliphatic heterocycles. The van der Waals surface area contributed by atoms with E-state index in [9.17, 15) is 4.79 Å². The molecule has 21 heavy (non-hydrogen) atoms. The van der Waals surface area contributed by atoms with Gasteiger partial charge in [0.1, 0.15) is 12.4 Å². The van der Waals surface area contributed by atoms with Gasteiger partial charge in [0.05, 0.1) is 6.61 Å². The number of benzene rings is 1. The Morgan fingerprint density at radius 3 is 2.62 bits per heavy atom. The van der Waals surface area contributed by atoms with Crippen LogP contribution in [0.25, 0.3) is 6.08 Å². The van der Waals surface area contributed by atoms with Crippen molar-refractivity contribution in [1.29, 1.82) is 0 Å². The van der Waals surface area contributed by atoms with Crippen LogP contribution in [0.15, 0.2) is 30.3 Å². The molecule has 0 spiro atoms. The largest absolute Gasteiger partial charge is 0.491 e. The van der Waals surface area contributed by atoms with E-state index in [0.29, 0.717) is 19.1 Å². The van der Waals surface area contributed by atoms with Crippen molar-refractivity contribution in [3.63, 3.8) is 0 Å². The Labute approximate surface area is 126 Å². The van der Waals surface area contributed by atoms with Crippen LogP contribution in [0.1, 0.15) is 32.3 Å². The van der Waals surface area contributed by atoms with Crippen molar-refractivity contribution >= 4 is 12.0 Å². The van der Waals surface area contributed by atoms with Gasteiger partial charge in [-0.15, -0.1) is 0 Å². The standard InChI is InChI=1S/C17H24O4/c1-3-4-14(2)13-20-11-12-21-16-8-5-15(6-9-16)7-10-17(18)19/h5-10,14H,3-4,11-13H2,1-2H3,(H,18,19)/b10-7+. The zero-order valence-electron chi connectivity index (χ0n) is 12.7. The average Bonchev–Trinajstić information content (AvgIpc) is 2.46. The molecule has 0 aromatic heterocycles. The second-order valence-corrected chi connectivity index (χ2v) is 5.06. The molecule has 0 heterocycles. The Kier molecular flexibility index (Phi) is 8.21. The minimum absolute atomic E-state index is 0.517. The Balaban J connectivity index is 2.22. The summed E-state index contributed by atoms with van der Waals surface area (Å²) in [5.41, 5.74) is 0.828. The lowest BCUT2D eigenvalue weighted by atomic mass is 10.1. The van der Waals surface area contributed by atoms with E-state index in [2.05, 4.69) is 13.8 Å². The number of carboxylic acid groups (broad SMARTS) is 1. The molecule has 0 radical (unpaired) electrons. The molecule has 4 heteroatoms. The highest BCUT2D eigenvalue weighted by Crippen LogP contribution is 2.13. The SMILES string of the molecule is CCCC(C)COCCOc1ccc(/C=C/C(=O)O)cc1. The highest BCUT2D eigenvalue weighted by Gasteiger charge is 2.00. The first-order valence-electron chi connectivity index (χ1n) is 7.33. The van der Waals surface area contributed by atoms with Gasteiger partial charge in [0.15, 0.2) is 0 Å². The quantitative estimate of drug-likeness (QED) is 0.528. The number of hydrogen-bond acceptors (Lipinski definition) is 3. The molecule has 0 fully saturated rings. The average molecular weight is 292 g/mol. The summed E-state index contributed by atoms with van der Waals surface area (Å²) in [7, 11) is 0. The van der Waals surface area contributed by atoms with E-state index in [1.165, 1.54) is 12.8 Å². The molecule has 1 unspecified atom stereocenters. The van der Waals surface area contributed by atoms with E-state index in [4.69, 9.17) is 14.6 Å².